The molecule has 3 nitrogen and oxygen atoms in total. The molecule has 0 saturated heterocycles. The Morgan fingerprint density at radius 1 is 1.44 bits per heavy atom. The highest BCUT2D eigenvalue weighted by Crippen LogP contribution is 2.20. The Balaban J connectivity index is 4.38. The molecule has 0 amide bonds. The van der Waals surface area contributed by atoms with Crippen LogP contribution in [0.15, 0.2) is 24.8 Å². The zero-order valence-corrected chi connectivity index (χ0v) is 10.9. The van der Waals surface area contributed by atoms with Crippen LogP contribution >= 0.6 is 0 Å². The lowest BCUT2D eigenvalue weighted by atomic mass is 9.99. The van der Waals surface area contributed by atoms with Crippen LogP contribution in [-0.2, 0) is 10.1 Å². The summed E-state index contributed by atoms with van der Waals surface area (Å²) in [6.07, 6.45) is 7.99. The minimum atomic E-state index is -3.93. The number of allylic oxidation sites excluding steroid dienone is 3. The van der Waals surface area contributed by atoms with Crippen molar-refractivity contribution in [3.63, 3.8) is 0 Å². The molecule has 1 N–H and O–H groups in total. The molecule has 0 saturated carbocycles. The minimum Gasteiger partial charge on any atom is -0.285 e. The Bertz CT molecular complexity index is 317. The summed E-state index contributed by atoms with van der Waals surface area (Å²) in [4.78, 5) is 0. The maximum Gasteiger partial charge on any atom is 0.267 e. The average Bonchev–Trinajstić information content (AvgIpc) is 2.15. The van der Waals surface area contributed by atoms with Crippen LogP contribution in [0.2, 0.25) is 0 Å². The molecule has 0 aromatic carbocycles. The van der Waals surface area contributed by atoms with Gasteiger partial charge in [-0.3, -0.25) is 4.55 Å². The molecule has 0 aliphatic heterocycles. The van der Waals surface area contributed by atoms with Crippen LogP contribution in [0.3, 0.4) is 0 Å². The molecule has 0 spiro atoms. The normalized spacial score (nSPS) is 16.2. The quantitative estimate of drug-likeness (QED) is 0.528. The van der Waals surface area contributed by atoms with E-state index in [1.165, 1.54) is 0 Å². The van der Waals surface area contributed by atoms with E-state index < -0.39 is 15.4 Å². The molecule has 16 heavy (non-hydrogen) atoms. The van der Waals surface area contributed by atoms with Gasteiger partial charge in [0.2, 0.25) is 0 Å². The standard InChI is InChI=1S/C12H22O3S/c1-4-6-7-9-12(16(13,14)15)10-11(3)8-5-2/h4-6,11-12H,2,7-10H2,1,3H3,(H,13,14,15). The third-order valence-electron chi connectivity index (χ3n) is 2.55. The van der Waals surface area contributed by atoms with E-state index in [4.69, 9.17) is 4.55 Å². The van der Waals surface area contributed by atoms with Crippen molar-refractivity contribution in [3.05, 3.63) is 24.8 Å². The van der Waals surface area contributed by atoms with Gasteiger partial charge < -0.3 is 0 Å². The van der Waals surface area contributed by atoms with Gasteiger partial charge in [0, 0.05) is 0 Å². The first-order valence-corrected chi connectivity index (χ1v) is 7.10. The van der Waals surface area contributed by atoms with Gasteiger partial charge in [-0.2, -0.15) is 8.42 Å². The van der Waals surface area contributed by atoms with Crippen LogP contribution in [0.25, 0.3) is 0 Å². The van der Waals surface area contributed by atoms with Crippen LogP contribution in [0.5, 0.6) is 0 Å². The van der Waals surface area contributed by atoms with Gasteiger partial charge in [0.05, 0.1) is 5.25 Å². The van der Waals surface area contributed by atoms with E-state index in [0.717, 1.165) is 6.42 Å². The van der Waals surface area contributed by atoms with Gasteiger partial charge in [-0.05, 0) is 38.5 Å². The number of hydrogen-bond donors (Lipinski definition) is 1. The van der Waals surface area contributed by atoms with Crippen LogP contribution in [0, 0.1) is 5.92 Å². The van der Waals surface area contributed by atoms with Crippen molar-refractivity contribution in [2.45, 2.75) is 44.8 Å². The molecule has 94 valence electrons. The van der Waals surface area contributed by atoms with E-state index >= 15 is 0 Å². The predicted octanol–water partition coefficient (Wildman–Crippen LogP) is 3.20. The SMILES string of the molecule is C=CCC(C)CC(CCC=CC)S(=O)(=O)O. The topological polar surface area (TPSA) is 54.4 Å². The first kappa shape index (κ1) is 15.4. The molecule has 0 aromatic heterocycles. The Hall–Kier alpha value is -0.610. The molecular weight excluding hydrogens is 224 g/mol. The average molecular weight is 246 g/mol. The molecule has 0 bridgehead atoms. The van der Waals surface area contributed by atoms with E-state index in [1.54, 1.807) is 6.08 Å². The highest BCUT2D eigenvalue weighted by Gasteiger charge is 2.23. The summed E-state index contributed by atoms with van der Waals surface area (Å²) < 4.78 is 31.5. The Morgan fingerprint density at radius 2 is 2.06 bits per heavy atom. The zero-order chi connectivity index (χ0) is 12.6. The predicted molar refractivity (Wildman–Crippen MR) is 68.0 cm³/mol. The van der Waals surface area contributed by atoms with Crippen molar-refractivity contribution in [3.8, 4) is 0 Å². The summed E-state index contributed by atoms with van der Waals surface area (Å²) in [7, 11) is -3.93. The first-order chi connectivity index (χ1) is 7.41. The lowest BCUT2D eigenvalue weighted by Gasteiger charge is -2.16. The molecule has 0 fully saturated rings. The van der Waals surface area contributed by atoms with Gasteiger partial charge in [0.15, 0.2) is 0 Å². The summed E-state index contributed by atoms with van der Waals surface area (Å²) >= 11 is 0. The van der Waals surface area contributed by atoms with Crippen LogP contribution in [-0.4, -0.2) is 18.2 Å². The van der Waals surface area contributed by atoms with Crippen molar-refractivity contribution >= 4 is 10.1 Å². The maximum absolute atomic E-state index is 11.2. The van der Waals surface area contributed by atoms with E-state index in [-0.39, 0.29) is 5.92 Å². The second kappa shape index (κ2) is 7.63. The summed E-state index contributed by atoms with van der Waals surface area (Å²) in [5.74, 6) is 0.232. The van der Waals surface area contributed by atoms with Crippen LogP contribution in [0.1, 0.15) is 39.5 Å². The lowest BCUT2D eigenvalue weighted by Crippen LogP contribution is -2.22. The molecule has 0 aliphatic rings. The number of rotatable bonds is 8. The zero-order valence-electron chi connectivity index (χ0n) is 10.1. The summed E-state index contributed by atoms with van der Waals surface area (Å²) in [5.41, 5.74) is 0. The fourth-order valence-corrected chi connectivity index (χ4v) is 2.67. The molecule has 0 aromatic rings. The highest BCUT2D eigenvalue weighted by molar-refractivity contribution is 7.86. The van der Waals surface area contributed by atoms with Crippen LogP contribution < -0.4 is 0 Å². The number of hydrogen-bond acceptors (Lipinski definition) is 2. The van der Waals surface area contributed by atoms with Gasteiger partial charge in [-0.15, -0.1) is 6.58 Å². The molecule has 0 rings (SSSR count). The van der Waals surface area contributed by atoms with Gasteiger partial charge in [-0.1, -0.05) is 25.2 Å². The second-order valence-corrected chi connectivity index (χ2v) is 5.85. The third-order valence-corrected chi connectivity index (χ3v) is 3.82. The fourth-order valence-electron chi connectivity index (χ4n) is 1.67. The molecule has 2 atom stereocenters. The molecular formula is C12H22O3S. The van der Waals surface area contributed by atoms with E-state index in [2.05, 4.69) is 6.58 Å². The fraction of sp³-hybridized carbons (Fsp3) is 0.667. The van der Waals surface area contributed by atoms with Gasteiger partial charge in [0.25, 0.3) is 10.1 Å². The third kappa shape index (κ3) is 6.80. The molecule has 0 heterocycles. The Morgan fingerprint density at radius 3 is 2.50 bits per heavy atom. The van der Waals surface area contributed by atoms with Gasteiger partial charge in [0.1, 0.15) is 0 Å². The van der Waals surface area contributed by atoms with E-state index in [0.29, 0.717) is 19.3 Å². The summed E-state index contributed by atoms with van der Waals surface area (Å²) in [5, 5.41) is -0.654. The molecule has 2 unspecified atom stereocenters. The largest absolute Gasteiger partial charge is 0.285 e. The Labute approximate surface area is 99.0 Å². The second-order valence-electron chi connectivity index (χ2n) is 4.15. The van der Waals surface area contributed by atoms with Crippen molar-refractivity contribution < 1.29 is 13.0 Å². The van der Waals surface area contributed by atoms with Crippen LogP contribution in [0.4, 0.5) is 0 Å². The van der Waals surface area contributed by atoms with Crippen molar-refractivity contribution in [2.75, 3.05) is 0 Å². The molecule has 0 aliphatic carbocycles. The van der Waals surface area contributed by atoms with Gasteiger partial charge >= 0.3 is 0 Å². The van der Waals surface area contributed by atoms with E-state index in [1.807, 2.05) is 26.0 Å². The van der Waals surface area contributed by atoms with Crippen molar-refractivity contribution in [1.82, 2.24) is 0 Å². The molecule has 4 heteroatoms. The maximum atomic E-state index is 11.2. The van der Waals surface area contributed by atoms with E-state index in [9.17, 15) is 8.42 Å². The van der Waals surface area contributed by atoms with Crippen molar-refractivity contribution in [1.29, 1.82) is 0 Å². The lowest BCUT2D eigenvalue weighted by molar-refractivity contribution is 0.430. The smallest absolute Gasteiger partial charge is 0.267 e. The monoisotopic (exact) mass is 246 g/mol. The Kier molecular flexibility index (Phi) is 7.34. The highest BCUT2D eigenvalue weighted by atomic mass is 32.2. The minimum absolute atomic E-state index is 0.232. The summed E-state index contributed by atoms with van der Waals surface area (Å²) in [6.45, 7) is 7.48. The first-order valence-electron chi connectivity index (χ1n) is 5.60. The molecule has 0 radical (unpaired) electrons. The summed E-state index contributed by atoms with van der Waals surface area (Å²) in [6, 6.07) is 0. The van der Waals surface area contributed by atoms with Gasteiger partial charge in [-0.25, -0.2) is 0 Å². The van der Waals surface area contributed by atoms with Crippen molar-refractivity contribution in [2.24, 2.45) is 5.92 Å².